The minimum absolute atomic E-state index is 0.873. The van der Waals surface area contributed by atoms with Crippen molar-refractivity contribution in [2.45, 2.75) is 12.3 Å². The lowest BCUT2D eigenvalue weighted by Crippen LogP contribution is -2.13. The van der Waals surface area contributed by atoms with Gasteiger partial charge in [0.2, 0.25) is 0 Å². The van der Waals surface area contributed by atoms with Crippen molar-refractivity contribution in [3.8, 4) is 0 Å². The first-order valence-electron chi connectivity index (χ1n) is 6.95. The second-order valence-corrected chi connectivity index (χ2v) is 7.86. The van der Waals surface area contributed by atoms with Gasteiger partial charge in [-0.15, -0.1) is 11.3 Å². The van der Waals surface area contributed by atoms with Crippen molar-refractivity contribution < 1.29 is 0 Å². The third-order valence-corrected chi connectivity index (χ3v) is 5.13. The molecule has 2 heterocycles. The molecule has 0 aliphatic heterocycles. The largest absolute Gasteiger partial charge is 0.365 e. The Hall–Kier alpha value is -0.900. The maximum atomic E-state index is 4.64. The van der Waals surface area contributed by atoms with Crippen molar-refractivity contribution in [1.82, 2.24) is 18.6 Å². The zero-order valence-corrected chi connectivity index (χ0v) is 15.8. The van der Waals surface area contributed by atoms with E-state index in [4.69, 9.17) is 0 Å². The van der Waals surface area contributed by atoms with E-state index in [1.54, 1.807) is 11.3 Å². The highest BCUT2D eigenvalue weighted by Gasteiger charge is 2.09. The second-order valence-electron chi connectivity index (χ2n) is 5.28. The molecule has 2 aromatic rings. The van der Waals surface area contributed by atoms with Gasteiger partial charge in [-0.25, -0.2) is 4.98 Å². The zero-order chi connectivity index (χ0) is 15.9. The number of hydrogen-bond acceptors (Lipinski definition) is 9. The third-order valence-electron chi connectivity index (χ3n) is 2.73. The molecular weight excluding hydrogens is 336 g/mol. The molecule has 0 atom stereocenters. The quantitative estimate of drug-likeness (QED) is 0.691. The van der Waals surface area contributed by atoms with E-state index >= 15 is 0 Å². The van der Waals surface area contributed by atoms with Crippen LogP contribution in [0.3, 0.4) is 0 Å². The normalized spacial score (nSPS) is 11.1. The van der Waals surface area contributed by atoms with Crippen LogP contribution < -0.4 is 10.2 Å². The van der Waals surface area contributed by atoms with Gasteiger partial charge in [0.1, 0.15) is 5.01 Å². The molecule has 0 saturated heterocycles. The zero-order valence-electron chi connectivity index (χ0n) is 13.4. The van der Waals surface area contributed by atoms with E-state index in [1.165, 1.54) is 22.4 Å². The molecule has 0 aliphatic carbocycles. The summed E-state index contributed by atoms with van der Waals surface area (Å²) in [7, 11) is 8.09. The Bertz CT molecular complexity index is 566. The molecule has 0 aromatic carbocycles. The first-order valence-corrected chi connectivity index (χ1v) is 9.72. The van der Waals surface area contributed by atoms with Crippen LogP contribution in [0.2, 0.25) is 0 Å². The number of nitrogens with one attached hydrogen (secondary N) is 1. The van der Waals surface area contributed by atoms with Gasteiger partial charge < -0.3 is 15.1 Å². The Kier molecular flexibility index (Phi) is 6.87. The minimum Gasteiger partial charge on any atom is -0.365 e. The van der Waals surface area contributed by atoms with Crippen LogP contribution in [0.1, 0.15) is 10.7 Å². The highest BCUT2D eigenvalue weighted by molar-refractivity contribution is 7.98. The standard InChI is InChI=1S/C13H22N6S3/c1-18(2)7-11-15-10(9-21-11)8-20-6-5-14-12-13(19(3)4)17-22-16-12/h9H,5-8H2,1-4H3,(H,14,16). The number of thiazole rings is 1. The fourth-order valence-electron chi connectivity index (χ4n) is 1.77. The molecule has 0 amide bonds. The molecule has 0 unspecified atom stereocenters. The number of rotatable bonds is 9. The van der Waals surface area contributed by atoms with Gasteiger partial charge in [0.25, 0.3) is 0 Å². The summed E-state index contributed by atoms with van der Waals surface area (Å²) >= 11 is 4.86. The molecule has 0 radical (unpaired) electrons. The Morgan fingerprint density at radius 3 is 2.77 bits per heavy atom. The molecule has 0 fully saturated rings. The lowest BCUT2D eigenvalue weighted by Gasteiger charge is -2.10. The maximum absolute atomic E-state index is 4.64. The van der Waals surface area contributed by atoms with Gasteiger partial charge in [-0.1, -0.05) is 0 Å². The van der Waals surface area contributed by atoms with Crippen LogP contribution in [0.4, 0.5) is 11.6 Å². The van der Waals surface area contributed by atoms with Crippen LogP contribution >= 0.6 is 34.8 Å². The summed E-state index contributed by atoms with van der Waals surface area (Å²) in [4.78, 5) is 8.76. The van der Waals surface area contributed by atoms with Gasteiger partial charge in [-0.3, -0.25) is 0 Å². The van der Waals surface area contributed by atoms with Crippen molar-refractivity contribution in [2.24, 2.45) is 0 Å². The lowest BCUT2D eigenvalue weighted by atomic mass is 10.5. The van der Waals surface area contributed by atoms with Crippen molar-refractivity contribution >= 4 is 46.5 Å². The summed E-state index contributed by atoms with van der Waals surface area (Å²) < 4.78 is 8.54. The minimum atomic E-state index is 0.873. The molecule has 0 saturated carbocycles. The molecule has 0 spiro atoms. The Morgan fingerprint density at radius 2 is 2.05 bits per heavy atom. The van der Waals surface area contributed by atoms with Gasteiger partial charge in [-0.2, -0.15) is 20.5 Å². The average molecular weight is 359 g/mol. The topological polar surface area (TPSA) is 57.2 Å². The van der Waals surface area contributed by atoms with Gasteiger partial charge in [0, 0.05) is 44.1 Å². The summed E-state index contributed by atoms with van der Waals surface area (Å²) in [5.74, 6) is 3.76. The van der Waals surface area contributed by atoms with E-state index < -0.39 is 0 Å². The smallest absolute Gasteiger partial charge is 0.186 e. The fraction of sp³-hybridized carbons (Fsp3) is 0.615. The number of thioether (sulfide) groups is 1. The highest BCUT2D eigenvalue weighted by Crippen LogP contribution is 2.21. The summed E-state index contributed by atoms with van der Waals surface area (Å²) in [6.45, 7) is 1.80. The first kappa shape index (κ1) is 17.5. The fourth-order valence-corrected chi connectivity index (χ4v) is 4.13. The average Bonchev–Trinajstić information content (AvgIpc) is 3.07. The van der Waals surface area contributed by atoms with Crippen molar-refractivity contribution in [3.05, 3.63) is 16.1 Å². The highest BCUT2D eigenvalue weighted by atomic mass is 32.2. The molecule has 2 aromatic heterocycles. The summed E-state index contributed by atoms with van der Waals surface area (Å²) in [6.07, 6.45) is 0. The van der Waals surface area contributed by atoms with Gasteiger partial charge in [0.05, 0.1) is 17.4 Å². The molecule has 6 nitrogen and oxygen atoms in total. The lowest BCUT2D eigenvalue weighted by molar-refractivity contribution is 0.401. The molecular formula is C13H22N6S3. The summed E-state index contributed by atoms with van der Waals surface area (Å²) in [5, 5.41) is 6.69. The molecule has 2 rings (SSSR count). The predicted molar refractivity (Wildman–Crippen MR) is 98.4 cm³/mol. The molecule has 0 bridgehead atoms. The first-order chi connectivity index (χ1) is 10.6. The number of aromatic nitrogens is 3. The molecule has 22 heavy (non-hydrogen) atoms. The Balaban J connectivity index is 1.67. The van der Waals surface area contributed by atoms with Crippen molar-refractivity contribution in [3.63, 3.8) is 0 Å². The summed E-state index contributed by atoms with van der Waals surface area (Å²) in [6, 6.07) is 0. The predicted octanol–water partition coefficient (Wildman–Crippen LogP) is 2.47. The molecule has 1 N–H and O–H groups in total. The number of nitrogens with zero attached hydrogens (tertiary/aromatic N) is 5. The van der Waals surface area contributed by atoms with E-state index in [1.807, 2.05) is 30.8 Å². The molecule has 9 heteroatoms. The van der Waals surface area contributed by atoms with E-state index in [0.29, 0.717) is 0 Å². The maximum Gasteiger partial charge on any atom is 0.186 e. The monoisotopic (exact) mass is 358 g/mol. The Labute approximate surface area is 144 Å². The Morgan fingerprint density at radius 1 is 1.23 bits per heavy atom. The van der Waals surface area contributed by atoms with E-state index in [0.717, 1.165) is 36.2 Å². The summed E-state index contributed by atoms with van der Waals surface area (Å²) in [5.41, 5.74) is 1.18. The van der Waals surface area contributed by atoms with Crippen LogP contribution in [-0.2, 0) is 12.3 Å². The van der Waals surface area contributed by atoms with E-state index in [2.05, 4.69) is 43.4 Å². The number of hydrogen-bond donors (Lipinski definition) is 1. The molecule has 0 aliphatic rings. The van der Waals surface area contributed by atoms with E-state index in [-0.39, 0.29) is 0 Å². The van der Waals surface area contributed by atoms with Gasteiger partial charge in [-0.05, 0) is 14.1 Å². The van der Waals surface area contributed by atoms with Crippen LogP contribution in [0.5, 0.6) is 0 Å². The SMILES string of the molecule is CN(C)Cc1nc(CSCCNc2nsnc2N(C)C)cs1. The van der Waals surface area contributed by atoms with Gasteiger partial charge in [0.15, 0.2) is 11.6 Å². The van der Waals surface area contributed by atoms with Crippen molar-refractivity contribution in [1.29, 1.82) is 0 Å². The van der Waals surface area contributed by atoms with Gasteiger partial charge >= 0.3 is 0 Å². The van der Waals surface area contributed by atoms with Crippen LogP contribution in [-0.4, -0.2) is 59.1 Å². The van der Waals surface area contributed by atoms with Crippen molar-refractivity contribution in [2.75, 3.05) is 50.7 Å². The second kappa shape index (κ2) is 8.66. The third kappa shape index (κ3) is 5.38. The molecule has 122 valence electrons. The van der Waals surface area contributed by atoms with Crippen LogP contribution in [0.25, 0.3) is 0 Å². The van der Waals surface area contributed by atoms with E-state index in [9.17, 15) is 0 Å². The van der Waals surface area contributed by atoms with Crippen LogP contribution in [0.15, 0.2) is 5.38 Å². The number of anilines is 2. The van der Waals surface area contributed by atoms with Crippen LogP contribution in [0, 0.1) is 0 Å².